The summed E-state index contributed by atoms with van der Waals surface area (Å²) in [6.07, 6.45) is -3.18. The highest BCUT2D eigenvalue weighted by atomic mass is 35.5. The van der Waals surface area contributed by atoms with Crippen LogP contribution in [-0.4, -0.2) is 46.4 Å². The van der Waals surface area contributed by atoms with Crippen molar-refractivity contribution < 1.29 is 27.6 Å². The summed E-state index contributed by atoms with van der Waals surface area (Å²) in [4.78, 5) is 42.6. The van der Waals surface area contributed by atoms with Crippen molar-refractivity contribution in [3.8, 4) is 0 Å². The lowest BCUT2D eigenvalue weighted by Crippen LogP contribution is -2.55. The van der Waals surface area contributed by atoms with Crippen molar-refractivity contribution in [1.82, 2.24) is 15.5 Å². The van der Waals surface area contributed by atoms with Crippen molar-refractivity contribution in [2.24, 2.45) is 10.7 Å². The topological polar surface area (TPSA) is 117 Å². The van der Waals surface area contributed by atoms with E-state index >= 15 is 0 Å². The first kappa shape index (κ1) is 33.9. The van der Waals surface area contributed by atoms with Crippen molar-refractivity contribution in [3.05, 3.63) is 113 Å². The number of likely N-dealkylation sites (N-methyl/N-ethyl adjacent to an activating group) is 1. The van der Waals surface area contributed by atoms with Crippen molar-refractivity contribution in [1.29, 1.82) is 0 Å². The first-order chi connectivity index (χ1) is 20.9. The van der Waals surface area contributed by atoms with Crippen LogP contribution < -0.4 is 16.4 Å². The quantitative estimate of drug-likeness (QED) is 0.298. The molecule has 1 aliphatic rings. The number of nitrogens with two attached hydrogens (primary N) is 1. The molecule has 0 aliphatic carbocycles. The molecular weight excluding hydrogens is 595 g/mol. The minimum absolute atomic E-state index is 0.0716. The summed E-state index contributed by atoms with van der Waals surface area (Å²) < 4.78 is 38.8. The molecule has 0 bridgehead atoms. The van der Waals surface area contributed by atoms with Crippen LogP contribution in [0.4, 0.5) is 18.9 Å². The van der Waals surface area contributed by atoms with Crippen LogP contribution >= 0.6 is 11.6 Å². The number of rotatable bonds is 7. The van der Waals surface area contributed by atoms with Crippen molar-refractivity contribution in [2.75, 3.05) is 6.54 Å². The van der Waals surface area contributed by atoms with Crippen LogP contribution in [-0.2, 0) is 22.3 Å². The number of alkyl halides is 4. The molecule has 0 radical (unpaired) electrons. The van der Waals surface area contributed by atoms with Gasteiger partial charge in [-0.25, -0.2) is 4.99 Å². The number of piperidine rings is 1. The molecule has 2 unspecified atom stereocenters. The highest BCUT2D eigenvalue weighted by molar-refractivity contribution is 6.30. The fourth-order valence-electron chi connectivity index (χ4n) is 4.19. The average molecular weight is 628 g/mol. The summed E-state index contributed by atoms with van der Waals surface area (Å²) in [7, 11) is 0. The minimum atomic E-state index is -4.58. The van der Waals surface area contributed by atoms with Gasteiger partial charge in [0.15, 0.2) is 0 Å². The molecule has 4 rings (SSSR count). The van der Waals surface area contributed by atoms with Gasteiger partial charge in [-0.15, -0.1) is 11.6 Å². The molecule has 1 aliphatic heterocycles. The maximum Gasteiger partial charge on any atom is 0.416 e. The Balaban J connectivity index is 0.000000340. The summed E-state index contributed by atoms with van der Waals surface area (Å²) >= 11 is 5.58. The van der Waals surface area contributed by atoms with E-state index in [-0.39, 0.29) is 24.4 Å². The smallest absolute Gasteiger partial charge is 0.404 e. The third kappa shape index (κ3) is 9.43. The van der Waals surface area contributed by atoms with Crippen LogP contribution in [0.5, 0.6) is 0 Å². The molecule has 0 saturated carbocycles. The van der Waals surface area contributed by atoms with Gasteiger partial charge in [-0.1, -0.05) is 54.6 Å². The van der Waals surface area contributed by atoms with Crippen LogP contribution in [0.1, 0.15) is 41.8 Å². The highest BCUT2D eigenvalue weighted by Gasteiger charge is 2.37. The Morgan fingerprint density at radius 2 is 1.70 bits per heavy atom. The van der Waals surface area contributed by atoms with Gasteiger partial charge >= 0.3 is 6.18 Å². The molecule has 8 nitrogen and oxygen atoms in total. The maximum absolute atomic E-state index is 13.0. The zero-order valence-electron chi connectivity index (χ0n) is 24.1. The van der Waals surface area contributed by atoms with Crippen LogP contribution in [0, 0.1) is 0 Å². The van der Waals surface area contributed by atoms with Gasteiger partial charge in [0.1, 0.15) is 17.3 Å². The zero-order valence-corrected chi connectivity index (χ0v) is 24.9. The molecule has 1 fully saturated rings. The van der Waals surface area contributed by atoms with Gasteiger partial charge in [0, 0.05) is 36.8 Å². The molecule has 3 aromatic carbocycles. The van der Waals surface area contributed by atoms with Gasteiger partial charge in [-0.2, -0.15) is 13.2 Å². The highest BCUT2D eigenvalue weighted by Crippen LogP contribution is 2.30. The molecule has 0 aromatic heterocycles. The van der Waals surface area contributed by atoms with E-state index in [2.05, 4.69) is 15.6 Å². The Morgan fingerprint density at radius 1 is 1.07 bits per heavy atom. The summed E-state index contributed by atoms with van der Waals surface area (Å²) in [5.41, 5.74) is 6.89. The zero-order chi connectivity index (χ0) is 32.3. The summed E-state index contributed by atoms with van der Waals surface area (Å²) in [6.45, 7) is 4.22. The standard InChI is InChI=1S/C22H21F3N4O2.C10H12ClNO/c1-2-29-19(27-17-9-4-3-5-10-17)15(13-26)12-18(21(29)31)28-20(30)14-7-6-8-16(11-14)22(23,24)25;1-8(11)10(13)12-7-9-5-3-2-4-6-9/h3-11,13,18H,2,12,26H2,1H3,(H,28,30);2-6,8H,7H2,1H3,(H,12,13)/b15-13-,27-19?;. The van der Waals surface area contributed by atoms with Gasteiger partial charge in [-0.05, 0) is 49.7 Å². The molecule has 1 saturated heterocycles. The van der Waals surface area contributed by atoms with E-state index in [0.29, 0.717) is 23.6 Å². The first-order valence-corrected chi connectivity index (χ1v) is 14.2. The molecule has 4 N–H and O–H groups in total. The number of nitrogens with zero attached hydrogens (tertiary/aromatic N) is 2. The van der Waals surface area contributed by atoms with E-state index in [1.54, 1.807) is 26.0 Å². The number of hydrogen-bond donors (Lipinski definition) is 3. The lowest BCUT2D eigenvalue weighted by molar-refractivity contribution is -0.137. The van der Waals surface area contributed by atoms with Crippen LogP contribution in [0.3, 0.4) is 0 Å². The van der Waals surface area contributed by atoms with Gasteiger partial charge in [0.25, 0.3) is 11.8 Å². The Kier molecular flexibility index (Phi) is 12.1. The first-order valence-electron chi connectivity index (χ1n) is 13.7. The number of hydrogen-bond acceptors (Lipinski definition) is 5. The summed E-state index contributed by atoms with van der Waals surface area (Å²) in [5, 5.41) is 4.79. The molecule has 3 aromatic rings. The molecule has 0 spiro atoms. The second-order valence-electron chi connectivity index (χ2n) is 9.67. The van der Waals surface area contributed by atoms with Gasteiger partial charge in [0.2, 0.25) is 5.91 Å². The minimum Gasteiger partial charge on any atom is -0.404 e. The second kappa shape index (κ2) is 15.7. The van der Waals surface area contributed by atoms with Gasteiger partial charge in [0.05, 0.1) is 11.3 Å². The number of benzene rings is 3. The second-order valence-corrected chi connectivity index (χ2v) is 10.3. The normalized spacial score (nSPS) is 17.5. The Morgan fingerprint density at radius 3 is 2.27 bits per heavy atom. The maximum atomic E-state index is 13.0. The van der Waals surface area contributed by atoms with E-state index in [4.69, 9.17) is 17.3 Å². The molecule has 2 atom stereocenters. The molecule has 3 amide bonds. The number of aliphatic imine (C=N–C) groups is 1. The fraction of sp³-hybridized carbons (Fsp3) is 0.250. The van der Waals surface area contributed by atoms with Crippen LogP contribution in [0.25, 0.3) is 0 Å². The van der Waals surface area contributed by atoms with E-state index in [1.807, 2.05) is 48.5 Å². The lowest BCUT2D eigenvalue weighted by atomic mass is 9.97. The Bertz CT molecular complexity index is 1500. The monoisotopic (exact) mass is 627 g/mol. The number of likely N-dealkylation sites (tertiary alicyclic amines) is 1. The molecule has 12 heteroatoms. The molecular formula is C32H33ClF3N5O3. The molecule has 232 valence electrons. The van der Waals surface area contributed by atoms with E-state index in [9.17, 15) is 27.6 Å². The van der Waals surface area contributed by atoms with E-state index in [1.165, 1.54) is 17.2 Å². The van der Waals surface area contributed by atoms with Crippen molar-refractivity contribution in [3.63, 3.8) is 0 Å². The number of carbonyl (C=O) groups is 3. The largest absolute Gasteiger partial charge is 0.416 e. The number of halogens is 4. The lowest BCUT2D eigenvalue weighted by Gasteiger charge is -2.34. The summed E-state index contributed by atoms with van der Waals surface area (Å²) in [5.74, 6) is -0.945. The molecule has 1 heterocycles. The number of nitrogens with one attached hydrogen (secondary N) is 2. The summed E-state index contributed by atoms with van der Waals surface area (Å²) in [6, 6.07) is 21.8. The van der Waals surface area contributed by atoms with E-state index in [0.717, 1.165) is 23.8 Å². The third-order valence-corrected chi connectivity index (χ3v) is 6.67. The number of amidine groups is 1. The van der Waals surface area contributed by atoms with Crippen LogP contribution in [0.2, 0.25) is 0 Å². The fourth-order valence-corrected chi connectivity index (χ4v) is 4.26. The van der Waals surface area contributed by atoms with E-state index < -0.39 is 35.0 Å². The van der Waals surface area contributed by atoms with Gasteiger partial charge < -0.3 is 16.4 Å². The number of para-hydroxylation sites is 1. The van der Waals surface area contributed by atoms with Gasteiger partial charge in [-0.3, -0.25) is 19.3 Å². The number of amides is 3. The number of carbonyl (C=O) groups excluding carboxylic acids is 3. The van der Waals surface area contributed by atoms with Crippen molar-refractivity contribution in [2.45, 2.75) is 44.4 Å². The predicted octanol–water partition coefficient (Wildman–Crippen LogP) is 5.56. The Labute approximate surface area is 258 Å². The third-order valence-electron chi connectivity index (χ3n) is 6.47. The molecule has 44 heavy (non-hydrogen) atoms. The Hall–Kier alpha value is -4.64. The predicted molar refractivity (Wildman–Crippen MR) is 164 cm³/mol. The average Bonchev–Trinajstić information content (AvgIpc) is 3.02. The SMILES string of the molecule is CC(Cl)C(=O)NCc1ccccc1.CCN1C(=O)C(NC(=O)c2cccc(C(F)(F)F)c2)C/C(=C/N)C1=Nc1ccccc1. The van der Waals surface area contributed by atoms with Crippen molar-refractivity contribution >= 4 is 40.8 Å². The van der Waals surface area contributed by atoms with Crippen LogP contribution in [0.15, 0.2) is 102 Å².